The summed E-state index contributed by atoms with van der Waals surface area (Å²) in [5.74, 6) is 0. The Kier molecular flexibility index (Phi) is 5.08. The number of aliphatic hydroxyl groups is 1. The molecule has 0 amide bonds. The van der Waals surface area contributed by atoms with E-state index in [4.69, 9.17) is 11.6 Å². The average molecular weight is 419 g/mol. The van der Waals surface area contributed by atoms with Crippen molar-refractivity contribution in [1.82, 2.24) is 0 Å². The normalized spacial score (nSPS) is 13.7. The molecule has 0 saturated heterocycles. The number of sulfone groups is 1. The Morgan fingerprint density at radius 2 is 1.08 bits per heavy atom. The lowest BCUT2D eigenvalue weighted by molar-refractivity contribution is -0.376. The summed E-state index contributed by atoms with van der Waals surface area (Å²) in [5.41, 5.74) is -6.67. The molecule has 0 fully saturated rings. The second kappa shape index (κ2) is 6.43. The molecule has 1 N–H and O–H groups in total. The summed E-state index contributed by atoms with van der Waals surface area (Å²) in [4.78, 5) is -0.799. The van der Waals surface area contributed by atoms with Gasteiger partial charge in [0.05, 0.1) is 9.79 Å². The Morgan fingerprint density at radius 1 is 0.731 bits per heavy atom. The van der Waals surface area contributed by atoms with Crippen LogP contribution in [0.3, 0.4) is 0 Å². The summed E-state index contributed by atoms with van der Waals surface area (Å²) < 4.78 is 102. The fraction of sp³-hybridized carbons (Fsp3) is 0.200. The predicted molar refractivity (Wildman–Crippen MR) is 79.4 cm³/mol. The van der Waals surface area contributed by atoms with Gasteiger partial charge in [0.1, 0.15) is 0 Å². The fourth-order valence-corrected chi connectivity index (χ4v) is 3.50. The third-order valence-corrected chi connectivity index (χ3v) is 5.56. The van der Waals surface area contributed by atoms with Gasteiger partial charge in [0.15, 0.2) is 0 Å². The first kappa shape index (κ1) is 20.5. The summed E-state index contributed by atoms with van der Waals surface area (Å²) in [6.45, 7) is 0. The van der Waals surface area contributed by atoms with Crippen LogP contribution in [0.2, 0.25) is 5.02 Å². The largest absolute Gasteiger partial charge is 0.430 e. The second-order valence-electron chi connectivity index (χ2n) is 5.19. The van der Waals surface area contributed by atoms with Gasteiger partial charge >= 0.3 is 12.4 Å². The van der Waals surface area contributed by atoms with E-state index in [0.717, 1.165) is 12.1 Å². The van der Waals surface area contributed by atoms with Crippen LogP contribution in [-0.2, 0) is 15.4 Å². The van der Waals surface area contributed by atoms with Crippen molar-refractivity contribution in [1.29, 1.82) is 0 Å². The lowest BCUT2D eigenvalue weighted by Crippen LogP contribution is -2.53. The van der Waals surface area contributed by atoms with Gasteiger partial charge in [-0.15, -0.1) is 0 Å². The molecule has 142 valence electrons. The van der Waals surface area contributed by atoms with E-state index in [9.17, 15) is 39.9 Å². The number of rotatable bonds is 3. The molecule has 3 nitrogen and oxygen atoms in total. The molecule has 2 rings (SSSR count). The highest BCUT2D eigenvalue weighted by molar-refractivity contribution is 7.91. The first-order chi connectivity index (χ1) is 11.7. The van der Waals surface area contributed by atoms with Crippen molar-refractivity contribution in [3.63, 3.8) is 0 Å². The van der Waals surface area contributed by atoms with E-state index < -0.39 is 38.2 Å². The molecule has 2 aromatic rings. The van der Waals surface area contributed by atoms with Gasteiger partial charge in [0.2, 0.25) is 9.84 Å². The maximum absolute atomic E-state index is 12.8. The summed E-state index contributed by atoms with van der Waals surface area (Å²) >= 11 is 5.63. The highest BCUT2D eigenvalue weighted by atomic mass is 35.5. The van der Waals surface area contributed by atoms with Crippen LogP contribution >= 0.6 is 11.6 Å². The minimum atomic E-state index is -6.05. The molecule has 0 saturated carbocycles. The molecule has 0 aromatic heterocycles. The van der Waals surface area contributed by atoms with Crippen molar-refractivity contribution < 1.29 is 39.9 Å². The molecule has 0 atom stereocenters. The molecule has 0 aliphatic heterocycles. The van der Waals surface area contributed by atoms with Gasteiger partial charge < -0.3 is 5.11 Å². The van der Waals surface area contributed by atoms with E-state index >= 15 is 0 Å². The molecule has 0 aliphatic carbocycles. The SMILES string of the molecule is O=S(=O)(c1ccc(Cl)cc1)c1ccc(C(O)(C(F)(F)F)C(F)(F)F)cc1. The van der Waals surface area contributed by atoms with Crippen molar-refractivity contribution in [2.45, 2.75) is 27.7 Å². The molecular weight excluding hydrogens is 410 g/mol. The Bertz CT molecular complexity index is 873. The molecule has 26 heavy (non-hydrogen) atoms. The molecule has 2 aromatic carbocycles. The Morgan fingerprint density at radius 3 is 1.42 bits per heavy atom. The molecule has 0 bridgehead atoms. The second-order valence-corrected chi connectivity index (χ2v) is 7.57. The minimum absolute atomic E-state index is 0.236. The zero-order valence-corrected chi connectivity index (χ0v) is 14.0. The van der Waals surface area contributed by atoms with Crippen LogP contribution in [0.25, 0.3) is 0 Å². The number of hydrogen-bond donors (Lipinski definition) is 1. The summed E-state index contributed by atoms with van der Waals surface area (Å²) in [5, 5.41) is 9.52. The predicted octanol–water partition coefficient (Wildman–Crippen LogP) is 4.49. The van der Waals surface area contributed by atoms with Crippen LogP contribution < -0.4 is 0 Å². The third kappa shape index (κ3) is 3.40. The molecule has 0 radical (unpaired) electrons. The first-order valence-corrected chi connectivity index (χ1v) is 8.54. The summed E-state index contributed by atoms with van der Waals surface area (Å²) in [6, 6.07) is 6.43. The Labute approximate surface area is 148 Å². The summed E-state index contributed by atoms with van der Waals surface area (Å²) in [7, 11) is -4.19. The molecule has 0 spiro atoms. The van der Waals surface area contributed by atoms with Gasteiger partial charge in [-0.2, -0.15) is 26.3 Å². The standard InChI is InChI=1S/C15H9ClF6O3S/c16-10-3-7-12(8-4-10)26(24,25)11-5-1-9(2-6-11)13(23,14(17,18)19)15(20,21)22/h1-8,23H. The van der Waals surface area contributed by atoms with Gasteiger partial charge in [-0.05, 0) is 36.4 Å². The smallest absolute Gasteiger partial charge is 0.369 e. The highest BCUT2D eigenvalue weighted by Crippen LogP contribution is 2.50. The maximum atomic E-state index is 12.8. The third-order valence-electron chi connectivity index (χ3n) is 3.53. The monoisotopic (exact) mass is 418 g/mol. The van der Waals surface area contributed by atoms with Crippen molar-refractivity contribution in [3.8, 4) is 0 Å². The van der Waals surface area contributed by atoms with Crippen LogP contribution in [-0.4, -0.2) is 25.9 Å². The topological polar surface area (TPSA) is 54.4 Å². The summed E-state index contributed by atoms with van der Waals surface area (Å²) in [6.07, 6.45) is -12.1. The van der Waals surface area contributed by atoms with Crippen molar-refractivity contribution in [2.24, 2.45) is 0 Å². The van der Waals surface area contributed by atoms with Gasteiger partial charge in [0.25, 0.3) is 5.60 Å². The van der Waals surface area contributed by atoms with Crippen molar-refractivity contribution in [2.75, 3.05) is 0 Å². The highest BCUT2D eigenvalue weighted by Gasteiger charge is 2.71. The van der Waals surface area contributed by atoms with E-state index in [1.165, 1.54) is 12.1 Å². The number of benzene rings is 2. The minimum Gasteiger partial charge on any atom is -0.369 e. The Hall–Kier alpha value is -1.78. The van der Waals surface area contributed by atoms with Crippen molar-refractivity contribution in [3.05, 3.63) is 59.1 Å². The van der Waals surface area contributed by atoms with Crippen molar-refractivity contribution >= 4 is 21.4 Å². The van der Waals surface area contributed by atoms with Gasteiger partial charge in [-0.3, -0.25) is 0 Å². The lowest BCUT2D eigenvalue weighted by Gasteiger charge is -2.32. The molecule has 0 heterocycles. The van der Waals surface area contributed by atoms with Gasteiger partial charge in [-0.25, -0.2) is 8.42 Å². The number of halogens is 7. The number of alkyl halides is 6. The van der Waals surface area contributed by atoms with E-state index in [-0.39, 0.29) is 22.1 Å². The van der Waals surface area contributed by atoms with Gasteiger partial charge in [0, 0.05) is 10.6 Å². The number of hydrogen-bond acceptors (Lipinski definition) is 3. The maximum Gasteiger partial charge on any atom is 0.430 e. The van der Waals surface area contributed by atoms with Crippen LogP contribution in [0.1, 0.15) is 5.56 Å². The lowest BCUT2D eigenvalue weighted by atomic mass is 9.92. The van der Waals surface area contributed by atoms with E-state index in [0.29, 0.717) is 12.1 Å². The van der Waals surface area contributed by atoms with Crippen LogP contribution in [0, 0.1) is 0 Å². The van der Waals surface area contributed by atoms with Crippen LogP contribution in [0.15, 0.2) is 58.3 Å². The molecule has 0 aliphatic rings. The van der Waals surface area contributed by atoms with E-state index in [2.05, 4.69) is 0 Å². The Balaban J connectivity index is 2.52. The zero-order valence-electron chi connectivity index (χ0n) is 12.4. The molecule has 11 heteroatoms. The van der Waals surface area contributed by atoms with Gasteiger partial charge in [-0.1, -0.05) is 23.7 Å². The molecule has 0 unspecified atom stereocenters. The van der Waals surface area contributed by atoms with Crippen LogP contribution in [0.4, 0.5) is 26.3 Å². The fourth-order valence-electron chi connectivity index (χ4n) is 2.11. The van der Waals surface area contributed by atoms with E-state index in [1.807, 2.05) is 0 Å². The first-order valence-electron chi connectivity index (χ1n) is 6.68. The zero-order chi connectivity index (χ0) is 20.0. The molecular formula is C15H9ClF6O3S. The van der Waals surface area contributed by atoms with Crippen LogP contribution in [0.5, 0.6) is 0 Å². The van der Waals surface area contributed by atoms with E-state index in [1.54, 1.807) is 0 Å². The average Bonchev–Trinajstić information content (AvgIpc) is 2.52. The quantitative estimate of drug-likeness (QED) is 0.747.